The van der Waals surface area contributed by atoms with E-state index < -0.39 is 0 Å². The van der Waals surface area contributed by atoms with Crippen molar-refractivity contribution in [1.82, 2.24) is 19.7 Å². The summed E-state index contributed by atoms with van der Waals surface area (Å²) in [5.74, 6) is 3.18. The van der Waals surface area contributed by atoms with Crippen molar-refractivity contribution in [2.24, 2.45) is 11.8 Å². The first kappa shape index (κ1) is 15.3. The molecule has 1 saturated heterocycles. The molecule has 0 radical (unpaired) electrons. The Hall–Kier alpha value is -1.59. The summed E-state index contributed by atoms with van der Waals surface area (Å²) in [6.45, 7) is 10.9. The number of aryl methyl sites for hydroxylation is 1. The lowest BCUT2D eigenvalue weighted by Gasteiger charge is -2.24. The summed E-state index contributed by atoms with van der Waals surface area (Å²) in [6, 6.07) is 0. The van der Waals surface area contributed by atoms with Crippen LogP contribution in [0.4, 0.5) is 5.95 Å². The van der Waals surface area contributed by atoms with E-state index in [1.54, 1.807) is 0 Å². The third-order valence-corrected chi connectivity index (χ3v) is 4.48. The molecule has 6 heteroatoms. The third kappa shape index (κ3) is 3.25. The van der Waals surface area contributed by atoms with Gasteiger partial charge in [0.25, 0.3) is 0 Å². The predicted octanol–water partition coefficient (Wildman–Crippen LogP) is 1.69. The van der Waals surface area contributed by atoms with Crippen LogP contribution in [0.3, 0.4) is 0 Å². The Balaban J connectivity index is 1.69. The quantitative estimate of drug-likeness (QED) is 0.849. The molecule has 1 aromatic heterocycles. The molecule has 0 bridgehead atoms. The van der Waals surface area contributed by atoms with Crippen molar-refractivity contribution in [1.29, 1.82) is 0 Å². The summed E-state index contributed by atoms with van der Waals surface area (Å²) in [4.78, 5) is 16.6. The lowest BCUT2D eigenvalue weighted by atomic mass is 10.2. The molecule has 1 aliphatic heterocycles. The minimum Gasteiger partial charge on any atom is -0.341 e. The van der Waals surface area contributed by atoms with Gasteiger partial charge in [-0.15, -0.1) is 10.2 Å². The average Bonchev–Trinajstić information content (AvgIpc) is 3.28. The maximum absolute atomic E-state index is 12.2. The van der Waals surface area contributed by atoms with Crippen molar-refractivity contribution in [2.45, 2.75) is 46.6 Å². The molecule has 0 aromatic carbocycles. The number of hydrogen-bond acceptors (Lipinski definition) is 4. The molecule has 1 saturated carbocycles. The molecule has 2 aliphatic rings. The van der Waals surface area contributed by atoms with Crippen LogP contribution in [0.25, 0.3) is 0 Å². The van der Waals surface area contributed by atoms with E-state index in [0.717, 1.165) is 63.8 Å². The van der Waals surface area contributed by atoms with Gasteiger partial charge in [0.05, 0.1) is 0 Å². The zero-order valence-electron chi connectivity index (χ0n) is 14.0. The van der Waals surface area contributed by atoms with Crippen LogP contribution in [-0.2, 0) is 11.3 Å². The van der Waals surface area contributed by atoms with E-state index in [1.807, 2.05) is 11.8 Å². The Morgan fingerprint density at radius 2 is 1.95 bits per heavy atom. The Bertz CT molecular complexity index is 535. The maximum atomic E-state index is 12.2. The highest BCUT2D eigenvalue weighted by molar-refractivity contribution is 5.81. The van der Waals surface area contributed by atoms with Gasteiger partial charge >= 0.3 is 0 Å². The highest BCUT2D eigenvalue weighted by Gasteiger charge is 2.34. The molecule has 1 aliphatic carbocycles. The second-order valence-electron chi connectivity index (χ2n) is 6.99. The van der Waals surface area contributed by atoms with Crippen molar-refractivity contribution in [3.8, 4) is 0 Å². The van der Waals surface area contributed by atoms with Gasteiger partial charge in [0, 0.05) is 38.6 Å². The van der Waals surface area contributed by atoms with Crippen molar-refractivity contribution in [2.75, 3.05) is 31.1 Å². The number of nitrogens with zero attached hydrogens (tertiary/aromatic N) is 5. The van der Waals surface area contributed by atoms with Crippen molar-refractivity contribution in [3.05, 3.63) is 5.82 Å². The second-order valence-corrected chi connectivity index (χ2v) is 6.99. The number of rotatable bonds is 4. The summed E-state index contributed by atoms with van der Waals surface area (Å²) in [7, 11) is 0. The van der Waals surface area contributed by atoms with E-state index in [4.69, 9.17) is 0 Å². The molecule has 0 spiro atoms. The van der Waals surface area contributed by atoms with E-state index >= 15 is 0 Å². The molecule has 22 heavy (non-hydrogen) atoms. The molecule has 1 amide bonds. The Morgan fingerprint density at radius 3 is 2.64 bits per heavy atom. The summed E-state index contributed by atoms with van der Waals surface area (Å²) >= 11 is 0. The number of anilines is 1. The molecule has 2 fully saturated rings. The van der Waals surface area contributed by atoms with Gasteiger partial charge in [0.2, 0.25) is 11.9 Å². The summed E-state index contributed by atoms with van der Waals surface area (Å²) in [5, 5.41) is 8.65. The van der Waals surface area contributed by atoms with Crippen LogP contribution in [0, 0.1) is 18.8 Å². The molecule has 3 rings (SSSR count). The molecular formula is C16H27N5O. The molecular weight excluding hydrogens is 278 g/mol. The predicted molar refractivity (Wildman–Crippen MR) is 85.7 cm³/mol. The van der Waals surface area contributed by atoms with E-state index in [2.05, 4.69) is 33.5 Å². The zero-order valence-corrected chi connectivity index (χ0v) is 14.0. The third-order valence-electron chi connectivity index (χ3n) is 4.48. The number of aromatic nitrogens is 3. The van der Waals surface area contributed by atoms with Crippen LogP contribution in [0.1, 0.15) is 38.9 Å². The number of amides is 1. The van der Waals surface area contributed by atoms with Crippen LogP contribution in [0.2, 0.25) is 0 Å². The molecule has 2 heterocycles. The van der Waals surface area contributed by atoms with Gasteiger partial charge in [-0.25, -0.2) is 0 Å². The van der Waals surface area contributed by atoms with Gasteiger partial charge in [0.15, 0.2) is 0 Å². The number of carbonyl (C=O) groups is 1. The molecule has 0 N–H and O–H groups in total. The van der Waals surface area contributed by atoms with Gasteiger partial charge in [-0.1, -0.05) is 13.8 Å². The van der Waals surface area contributed by atoms with Crippen molar-refractivity contribution in [3.63, 3.8) is 0 Å². The lowest BCUT2D eigenvalue weighted by molar-refractivity contribution is -0.132. The van der Waals surface area contributed by atoms with Gasteiger partial charge in [-0.3, -0.25) is 9.36 Å². The van der Waals surface area contributed by atoms with E-state index in [9.17, 15) is 4.79 Å². The van der Waals surface area contributed by atoms with Gasteiger partial charge in [-0.05, 0) is 32.1 Å². The minimum absolute atomic E-state index is 0.318. The maximum Gasteiger partial charge on any atom is 0.227 e. The first-order chi connectivity index (χ1) is 10.6. The van der Waals surface area contributed by atoms with Crippen LogP contribution in [0.15, 0.2) is 0 Å². The fraction of sp³-hybridized carbons (Fsp3) is 0.812. The van der Waals surface area contributed by atoms with E-state index in [0.29, 0.717) is 17.7 Å². The summed E-state index contributed by atoms with van der Waals surface area (Å²) < 4.78 is 2.21. The highest BCUT2D eigenvalue weighted by atomic mass is 16.2. The average molecular weight is 305 g/mol. The van der Waals surface area contributed by atoms with Crippen LogP contribution >= 0.6 is 0 Å². The Labute approximate surface area is 132 Å². The van der Waals surface area contributed by atoms with E-state index in [-0.39, 0.29) is 0 Å². The first-order valence-corrected chi connectivity index (χ1v) is 8.50. The van der Waals surface area contributed by atoms with Crippen LogP contribution < -0.4 is 4.90 Å². The highest BCUT2D eigenvalue weighted by Crippen LogP contribution is 2.31. The molecule has 6 nitrogen and oxygen atoms in total. The Morgan fingerprint density at radius 1 is 1.18 bits per heavy atom. The number of hydrogen-bond donors (Lipinski definition) is 0. The molecule has 1 aromatic rings. The monoisotopic (exact) mass is 305 g/mol. The summed E-state index contributed by atoms with van der Waals surface area (Å²) in [5.41, 5.74) is 0. The fourth-order valence-corrected chi connectivity index (χ4v) is 3.11. The topological polar surface area (TPSA) is 54.3 Å². The zero-order chi connectivity index (χ0) is 15.7. The first-order valence-electron chi connectivity index (χ1n) is 8.50. The minimum atomic E-state index is 0.318. The van der Waals surface area contributed by atoms with E-state index in [1.165, 1.54) is 0 Å². The molecule has 122 valence electrons. The van der Waals surface area contributed by atoms with Gasteiger partial charge in [0.1, 0.15) is 5.82 Å². The largest absolute Gasteiger partial charge is 0.341 e. The van der Waals surface area contributed by atoms with Crippen molar-refractivity contribution >= 4 is 11.9 Å². The van der Waals surface area contributed by atoms with Crippen LogP contribution in [0.5, 0.6) is 0 Å². The SMILES string of the molecule is Cc1nnc(N2CCCN(C(=O)C3CC3)CC2)n1CC(C)C. The second kappa shape index (κ2) is 6.26. The van der Waals surface area contributed by atoms with Crippen molar-refractivity contribution < 1.29 is 4.79 Å². The molecule has 0 unspecified atom stereocenters. The molecule has 0 atom stereocenters. The smallest absolute Gasteiger partial charge is 0.227 e. The van der Waals surface area contributed by atoms with Gasteiger partial charge < -0.3 is 9.80 Å². The summed E-state index contributed by atoms with van der Waals surface area (Å²) in [6.07, 6.45) is 3.17. The standard InChI is InChI=1S/C16H27N5O/c1-12(2)11-21-13(3)17-18-16(21)20-8-4-7-19(9-10-20)15(22)14-5-6-14/h12,14H,4-11H2,1-3H3. The normalized spacial score (nSPS) is 19.6. The lowest BCUT2D eigenvalue weighted by Crippen LogP contribution is -2.36. The fourth-order valence-electron chi connectivity index (χ4n) is 3.11. The van der Waals surface area contributed by atoms with Gasteiger partial charge in [-0.2, -0.15) is 0 Å². The van der Waals surface area contributed by atoms with Crippen LogP contribution in [-0.4, -0.2) is 51.8 Å². The Kier molecular flexibility index (Phi) is 4.36. The number of carbonyl (C=O) groups excluding carboxylic acids is 1.